The van der Waals surface area contributed by atoms with Crippen LogP contribution in [0.2, 0.25) is 0 Å². The van der Waals surface area contributed by atoms with Crippen molar-refractivity contribution in [2.24, 2.45) is 5.73 Å². The van der Waals surface area contributed by atoms with Gasteiger partial charge in [-0.1, -0.05) is 0 Å². The van der Waals surface area contributed by atoms with Crippen LogP contribution in [0.25, 0.3) is 16.5 Å². The molecular weight excluding hydrogens is 341 g/mol. The van der Waals surface area contributed by atoms with E-state index >= 15 is 0 Å². The molecule has 1 aromatic carbocycles. The first-order valence-corrected chi connectivity index (χ1v) is 8.54. The smallest absolute Gasteiger partial charge is 0.393 e. The number of hydrogen-bond donors (Lipinski definition) is 3. The number of aromatic nitrogens is 1. The highest BCUT2D eigenvalue weighted by atomic mass is 19.4. The van der Waals surface area contributed by atoms with Crippen molar-refractivity contribution < 1.29 is 13.2 Å². The number of nitrogens with zero attached hydrogens (tertiary/aromatic N) is 1. The Balaban J connectivity index is 2.32. The van der Waals surface area contributed by atoms with Crippen molar-refractivity contribution in [3.8, 4) is 0 Å². The lowest BCUT2D eigenvalue weighted by Crippen LogP contribution is -2.15. The fourth-order valence-corrected chi connectivity index (χ4v) is 3.72. The summed E-state index contributed by atoms with van der Waals surface area (Å²) in [6.45, 7) is 0. The molecule has 0 saturated carbocycles. The highest BCUT2D eigenvalue weighted by molar-refractivity contribution is 6.05. The largest absolute Gasteiger partial charge is 0.404 e. The van der Waals surface area contributed by atoms with Crippen LogP contribution in [-0.2, 0) is 12.8 Å². The molecule has 7 heteroatoms. The molecule has 0 fully saturated rings. The van der Waals surface area contributed by atoms with Crippen molar-refractivity contribution in [1.82, 2.24) is 4.98 Å². The van der Waals surface area contributed by atoms with Crippen LogP contribution in [0, 0.1) is 5.41 Å². The number of alkyl halides is 3. The highest BCUT2D eigenvalue weighted by Crippen LogP contribution is 2.38. The Morgan fingerprint density at radius 2 is 1.96 bits per heavy atom. The lowest BCUT2D eigenvalue weighted by atomic mass is 9.84. The van der Waals surface area contributed by atoms with E-state index in [0.717, 1.165) is 53.2 Å². The van der Waals surface area contributed by atoms with Gasteiger partial charge in [0, 0.05) is 35.5 Å². The van der Waals surface area contributed by atoms with E-state index in [2.05, 4.69) is 10.3 Å². The van der Waals surface area contributed by atoms with E-state index in [1.807, 2.05) is 0 Å². The van der Waals surface area contributed by atoms with Crippen molar-refractivity contribution in [3.63, 3.8) is 0 Å². The number of hydrogen-bond acceptors (Lipinski definition) is 4. The second-order valence-electron chi connectivity index (χ2n) is 6.42. The molecule has 1 heterocycles. The van der Waals surface area contributed by atoms with E-state index in [0.29, 0.717) is 17.6 Å². The number of allylic oxidation sites excluding steroid dienone is 1. The Morgan fingerprint density at radius 3 is 2.54 bits per heavy atom. The molecule has 138 valence electrons. The Morgan fingerprint density at radius 1 is 1.27 bits per heavy atom. The zero-order valence-corrected chi connectivity index (χ0v) is 14.5. The molecule has 4 nitrogen and oxygen atoms in total. The van der Waals surface area contributed by atoms with Crippen LogP contribution in [0.1, 0.15) is 41.6 Å². The van der Waals surface area contributed by atoms with Gasteiger partial charge in [-0.2, -0.15) is 13.2 Å². The molecule has 0 unspecified atom stereocenters. The molecule has 1 aromatic heterocycles. The molecule has 26 heavy (non-hydrogen) atoms. The van der Waals surface area contributed by atoms with E-state index in [9.17, 15) is 13.2 Å². The van der Waals surface area contributed by atoms with Gasteiger partial charge in [0.25, 0.3) is 0 Å². The zero-order valence-electron chi connectivity index (χ0n) is 14.5. The summed E-state index contributed by atoms with van der Waals surface area (Å²) >= 11 is 0. The summed E-state index contributed by atoms with van der Waals surface area (Å²) in [5.41, 5.74) is 9.85. The molecule has 0 amide bonds. The molecule has 1 aliphatic carbocycles. The number of pyridine rings is 1. The second kappa shape index (κ2) is 6.97. The number of aryl methyl sites for hydroxylation is 1. The number of benzene rings is 1. The van der Waals surface area contributed by atoms with Gasteiger partial charge in [0.15, 0.2) is 0 Å². The lowest BCUT2D eigenvalue weighted by Gasteiger charge is -2.24. The molecule has 0 aliphatic heterocycles. The number of nitrogens with two attached hydrogens (primary N) is 1. The summed E-state index contributed by atoms with van der Waals surface area (Å²) in [6.07, 6.45) is 0.162. The molecule has 2 aromatic rings. The maximum Gasteiger partial charge on any atom is 0.393 e. The Bertz CT molecular complexity index is 885. The predicted molar refractivity (Wildman–Crippen MR) is 98.7 cm³/mol. The third-order valence-corrected chi connectivity index (χ3v) is 4.82. The summed E-state index contributed by atoms with van der Waals surface area (Å²) in [5.74, 6) is 0. The SMILES string of the molecule is CNc1ccc2nc(/C(=C/N)CC(F)(F)F)c3c(c2c1C=N)CCCC3. The summed E-state index contributed by atoms with van der Waals surface area (Å²) in [5, 5.41) is 11.7. The molecule has 3 rings (SSSR count). The van der Waals surface area contributed by atoms with Crippen molar-refractivity contribution in [2.45, 2.75) is 38.3 Å². The minimum Gasteiger partial charge on any atom is -0.404 e. The summed E-state index contributed by atoms with van der Waals surface area (Å²) in [4.78, 5) is 4.55. The van der Waals surface area contributed by atoms with E-state index in [-0.39, 0.29) is 5.57 Å². The maximum atomic E-state index is 13.0. The number of halogens is 3. The molecule has 0 spiro atoms. The van der Waals surface area contributed by atoms with Crippen molar-refractivity contribution in [1.29, 1.82) is 5.41 Å². The highest BCUT2D eigenvalue weighted by Gasteiger charge is 2.32. The fourth-order valence-electron chi connectivity index (χ4n) is 3.72. The molecule has 0 radical (unpaired) electrons. The fraction of sp³-hybridized carbons (Fsp3) is 0.368. The first kappa shape index (κ1) is 18.2. The van der Waals surface area contributed by atoms with Gasteiger partial charge >= 0.3 is 6.18 Å². The summed E-state index contributed by atoms with van der Waals surface area (Å²) in [6, 6.07) is 3.58. The Hall–Kier alpha value is -2.57. The molecule has 0 bridgehead atoms. The van der Waals surface area contributed by atoms with Gasteiger partial charge in [-0.25, -0.2) is 4.98 Å². The van der Waals surface area contributed by atoms with Crippen molar-refractivity contribution in [2.75, 3.05) is 12.4 Å². The molecular formula is C19H21F3N4. The summed E-state index contributed by atoms with van der Waals surface area (Å²) in [7, 11) is 1.78. The lowest BCUT2D eigenvalue weighted by molar-refractivity contribution is -0.123. The van der Waals surface area contributed by atoms with Gasteiger partial charge in [-0.3, -0.25) is 0 Å². The standard InChI is InChI=1S/C19H21F3N4/c1-25-15-6-7-16-17(14(15)10-24)12-4-2-3-5-13(12)18(26-16)11(9-23)8-19(20,21)22/h6-7,9-10,24-25H,2-5,8,23H2,1H3/b11-9+,24-10?. The van der Waals surface area contributed by atoms with Crippen molar-refractivity contribution in [3.05, 3.63) is 40.7 Å². The van der Waals surface area contributed by atoms with E-state index < -0.39 is 12.6 Å². The normalized spacial score (nSPS) is 15.0. The van der Waals surface area contributed by atoms with Crippen LogP contribution in [0.15, 0.2) is 18.3 Å². The van der Waals surface area contributed by atoms with Crippen LogP contribution in [0.5, 0.6) is 0 Å². The zero-order chi connectivity index (χ0) is 18.9. The van der Waals surface area contributed by atoms with Crippen LogP contribution < -0.4 is 11.1 Å². The van der Waals surface area contributed by atoms with Gasteiger partial charge < -0.3 is 16.5 Å². The second-order valence-corrected chi connectivity index (χ2v) is 6.42. The number of fused-ring (bicyclic) bond motifs is 3. The predicted octanol–water partition coefficient (Wildman–Crippen LogP) is 4.40. The third-order valence-electron chi connectivity index (χ3n) is 4.82. The maximum absolute atomic E-state index is 13.0. The van der Waals surface area contributed by atoms with E-state index in [4.69, 9.17) is 11.1 Å². The van der Waals surface area contributed by atoms with Crippen LogP contribution in [-0.4, -0.2) is 24.4 Å². The number of rotatable bonds is 4. The molecule has 4 N–H and O–H groups in total. The number of nitrogens with one attached hydrogen (secondary N) is 2. The summed E-state index contributed by atoms with van der Waals surface area (Å²) < 4.78 is 38.9. The Labute approximate surface area is 149 Å². The number of anilines is 1. The van der Waals surface area contributed by atoms with Gasteiger partial charge in [0.1, 0.15) is 0 Å². The average Bonchev–Trinajstić information content (AvgIpc) is 2.63. The topological polar surface area (TPSA) is 74.8 Å². The molecule has 1 aliphatic rings. The molecule has 0 atom stereocenters. The third kappa shape index (κ3) is 3.25. The minimum absolute atomic E-state index is 0.00615. The van der Waals surface area contributed by atoms with E-state index in [1.165, 1.54) is 6.21 Å². The van der Waals surface area contributed by atoms with Gasteiger partial charge in [0.2, 0.25) is 0 Å². The molecule has 0 saturated heterocycles. The van der Waals surface area contributed by atoms with Crippen molar-refractivity contribution >= 4 is 28.4 Å². The van der Waals surface area contributed by atoms with Gasteiger partial charge in [-0.15, -0.1) is 0 Å². The minimum atomic E-state index is -4.35. The van der Waals surface area contributed by atoms with Gasteiger partial charge in [0.05, 0.1) is 17.6 Å². The van der Waals surface area contributed by atoms with Crippen LogP contribution in [0.4, 0.5) is 18.9 Å². The average molecular weight is 362 g/mol. The quantitative estimate of drug-likeness (QED) is 0.706. The van der Waals surface area contributed by atoms with Crippen LogP contribution >= 0.6 is 0 Å². The van der Waals surface area contributed by atoms with E-state index in [1.54, 1.807) is 19.2 Å². The Kier molecular flexibility index (Phi) is 4.89. The van der Waals surface area contributed by atoms with Gasteiger partial charge in [-0.05, 0) is 55.1 Å². The first-order chi connectivity index (χ1) is 12.4. The van der Waals surface area contributed by atoms with Crippen LogP contribution in [0.3, 0.4) is 0 Å². The first-order valence-electron chi connectivity index (χ1n) is 8.54. The monoisotopic (exact) mass is 362 g/mol.